The Kier molecular flexibility index (Phi) is 5.49. The second-order valence-electron chi connectivity index (χ2n) is 3.22. The van der Waals surface area contributed by atoms with Crippen LogP contribution in [0.15, 0.2) is 24.2 Å². The number of hydrogen-bond acceptors (Lipinski definition) is 3. The van der Waals surface area contributed by atoms with Gasteiger partial charge in [0, 0.05) is 11.6 Å². The van der Waals surface area contributed by atoms with Gasteiger partial charge in [0.1, 0.15) is 5.01 Å². The van der Waals surface area contributed by atoms with Gasteiger partial charge < -0.3 is 5.32 Å². The quantitative estimate of drug-likeness (QED) is 0.552. The smallest absolute Gasteiger partial charge is 0.109 e. The second kappa shape index (κ2) is 6.74. The Bertz CT molecular complexity index is 244. The highest BCUT2D eigenvalue weighted by molar-refractivity contribution is 7.09. The lowest BCUT2D eigenvalue weighted by atomic mass is 10.2. The molecule has 0 saturated carbocycles. The van der Waals surface area contributed by atoms with Crippen molar-refractivity contribution in [1.29, 1.82) is 0 Å². The Morgan fingerprint density at radius 3 is 3.14 bits per heavy atom. The molecule has 1 heterocycles. The number of rotatable bonds is 7. The van der Waals surface area contributed by atoms with Crippen LogP contribution in [0.1, 0.15) is 37.2 Å². The van der Waals surface area contributed by atoms with Gasteiger partial charge in [0.25, 0.3) is 0 Å². The molecule has 1 atom stereocenters. The van der Waals surface area contributed by atoms with Gasteiger partial charge >= 0.3 is 0 Å². The molecule has 78 valence electrons. The molecule has 2 nitrogen and oxygen atoms in total. The van der Waals surface area contributed by atoms with Crippen molar-refractivity contribution in [3.63, 3.8) is 0 Å². The van der Waals surface area contributed by atoms with Crippen molar-refractivity contribution in [2.24, 2.45) is 0 Å². The van der Waals surface area contributed by atoms with Crippen LogP contribution in [0.5, 0.6) is 0 Å². The molecule has 0 aliphatic rings. The van der Waals surface area contributed by atoms with Crippen LogP contribution in [0.3, 0.4) is 0 Å². The summed E-state index contributed by atoms with van der Waals surface area (Å²) < 4.78 is 0. The molecular formula is C11H18N2S. The lowest BCUT2D eigenvalue weighted by molar-refractivity contribution is 0.510. The molecule has 0 amide bonds. The largest absolute Gasteiger partial charge is 0.308 e. The summed E-state index contributed by atoms with van der Waals surface area (Å²) in [4.78, 5) is 4.32. The molecule has 1 unspecified atom stereocenters. The van der Waals surface area contributed by atoms with E-state index in [0.29, 0.717) is 6.04 Å². The molecule has 0 radical (unpaired) electrons. The monoisotopic (exact) mass is 210 g/mol. The standard InChI is InChI=1S/C11H18N2S/c1-3-5-6-7-12-10(4-2)11-13-8-9-14-11/h3,8-10,12H,1,4-7H2,2H3. The Hall–Kier alpha value is -0.670. The summed E-state index contributed by atoms with van der Waals surface area (Å²) in [5.41, 5.74) is 0. The van der Waals surface area contributed by atoms with Gasteiger partial charge in [-0.2, -0.15) is 0 Å². The van der Waals surface area contributed by atoms with Crippen molar-refractivity contribution >= 4 is 11.3 Å². The van der Waals surface area contributed by atoms with Crippen molar-refractivity contribution in [2.75, 3.05) is 6.54 Å². The molecule has 0 fully saturated rings. The topological polar surface area (TPSA) is 24.9 Å². The predicted molar refractivity (Wildman–Crippen MR) is 62.6 cm³/mol. The molecule has 0 bridgehead atoms. The second-order valence-corrected chi connectivity index (χ2v) is 4.14. The molecule has 1 N–H and O–H groups in total. The minimum atomic E-state index is 0.430. The summed E-state index contributed by atoms with van der Waals surface area (Å²) >= 11 is 1.73. The molecule has 0 aromatic carbocycles. The maximum Gasteiger partial charge on any atom is 0.109 e. The highest BCUT2D eigenvalue weighted by Gasteiger charge is 2.09. The van der Waals surface area contributed by atoms with Crippen molar-refractivity contribution in [1.82, 2.24) is 10.3 Å². The van der Waals surface area contributed by atoms with Crippen LogP contribution < -0.4 is 5.32 Å². The fraction of sp³-hybridized carbons (Fsp3) is 0.545. The van der Waals surface area contributed by atoms with Crippen molar-refractivity contribution in [3.8, 4) is 0 Å². The molecule has 1 rings (SSSR count). The Morgan fingerprint density at radius 2 is 2.57 bits per heavy atom. The van der Waals surface area contributed by atoms with Gasteiger partial charge in [-0.25, -0.2) is 4.98 Å². The van der Waals surface area contributed by atoms with Crippen LogP contribution in [-0.2, 0) is 0 Å². The average Bonchev–Trinajstić information content (AvgIpc) is 2.71. The first-order valence-corrected chi connectivity index (χ1v) is 6.00. The fourth-order valence-electron chi connectivity index (χ4n) is 1.34. The van der Waals surface area contributed by atoms with Gasteiger partial charge in [-0.3, -0.25) is 0 Å². The van der Waals surface area contributed by atoms with Gasteiger partial charge in [0.05, 0.1) is 6.04 Å². The Balaban J connectivity index is 2.29. The van der Waals surface area contributed by atoms with Gasteiger partial charge in [-0.1, -0.05) is 13.0 Å². The highest BCUT2D eigenvalue weighted by atomic mass is 32.1. The minimum absolute atomic E-state index is 0.430. The van der Waals surface area contributed by atoms with Crippen LogP contribution in [0, 0.1) is 0 Å². The van der Waals surface area contributed by atoms with E-state index in [1.165, 1.54) is 5.01 Å². The molecule has 1 aromatic rings. The van der Waals surface area contributed by atoms with E-state index < -0.39 is 0 Å². The number of thiazole rings is 1. The zero-order valence-corrected chi connectivity index (χ0v) is 9.52. The van der Waals surface area contributed by atoms with E-state index in [4.69, 9.17) is 0 Å². The summed E-state index contributed by atoms with van der Waals surface area (Å²) in [6, 6.07) is 0.430. The number of allylic oxidation sites excluding steroid dienone is 1. The van der Waals surface area contributed by atoms with E-state index in [2.05, 4.69) is 23.8 Å². The molecular weight excluding hydrogens is 192 g/mol. The normalized spacial score (nSPS) is 12.6. The first kappa shape index (κ1) is 11.4. The summed E-state index contributed by atoms with van der Waals surface area (Å²) in [6.07, 6.45) is 7.17. The molecule has 14 heavy (non-hydrogen) atoms. The van der Waals surface area contributed by atoms with E-state index >= 15 is 0 Å². The molecule has 1 aromatic heterocycles. The summed E-state index contributed by atoms with van der Waals surface area (Å²) in [5, 5.41) is 6.74. The Morgan fingerprint density at radius 1 is 1.71 bits per heavy atom. The van der Waals surface area contributed by atoms with E-state index in [1.807, 2.05) is 17.7 Å². The zero-order chi connectivity index (χ0) is 10.2. The number of hydrogen-bond donors (Lipinski definition) is 1. The third-order valence-electron chi connectivity index (χ3n) is 2.13. The third kappa shape index (κ3) is 3.60. The fourth-order valence-corrected chi connectivity index (χ4v) is 2.13. The van der Waals surface area contributed by atoms with Crippen molar-refractivity contribution in [2.45, 2.75) is 32.2 Å². The molecule has 0 saturated heterocycles. The van der Waals surface area contributed by atoms with Crippen LogP contribution in [0.25, 0.3) is 0 Å². The average molecular weight is 210 g/mol. The zero-order valence-electron chi connectivity index (χ0n) is 8.70. The van der Waals surface area contributed by atoms with Crippen LogP contribution >= 0.6 is 11.3 Å². The van der Waals surface area contributed by atoms with Crippen molar-refractivity contribution in [3.05, 3.63) is 29.2 Å². The number of nitrogens with one attached hydrogen (secondary N) is 1. The maximum absolute atomic E-state index is 4.32. The molecule has 0 spiro atoms. The van der Waals surface area contributed by atoms with E-state index in [9.17, 15) is 0 Å². The number of aromatic nitrogens is 1. The summed E-state index contributed by atoms with van der Waals surface area (Å²) in [5.74, 6) is 0. The predicted octanol–water partition coefficient (Wildman–Crippen LogP) is 3.15. The van der Waals surface area contributed by atoms with Gasteiger partial charge in [0.15, 0.2) is 0 Å². The van der Waals surface area contributed by atoms with Crippen molar-refractivity contribution < 1.29 is 0 Å². The van der Waals surface area contributed by atoms with Crippen LogP contribution in [0.4, 0.5) is 0 Å². The van der Waals surface area contributed by atoms with E-state index in [0.717, 1.165) is 25.8 Å². The Labute approximate surface area is 90.1 Å². The summed E-state index contributed by atoms with van der Waals surface area (Å²) in [7, 11) is 0. The molecule has 0 aliphatic heterocycles. The van der Waals surface area contributed by atoms with Gasteiger partial charge in [-0.05, 0) is 25.8 Å². The molecule has 0 aliphatic carbocycles. The van der Waals surface area contributed by atoms with Crippen LogP contribution in [-0.4, -0.2) is 11.5 Å². The van der Waals surface area contributed by atoms with Gasteiger partial charge in [-0.15, -0.1) is 17.9 Å². The van der Waals surface area contributed by atoms with Gasteiger partial charge in [0.2, 0.25) is 0 Å². The maximum atomic E-state index is 4.32. The minimum Gasteiger partial charge on any atom is -0.308 e. The summed E-state index contributed by atoms with van der Waals surface area (Å²) in [6.45, 7) is 6.94. The third-order valence-corrected chi connectivity index (χ3v) is 3.02. The first-order chi connectivity index (χ1) is 6.88. The van der Waals surface area contributed by atoms with Crippen LogP contribution in [0.2, 0.25) is 0 Å². The van der Waals surface area contributed by atoms with E-state index in [1.54, 1.807) is 11.3 Å². The number of nitrogens with zero attached hydrogens (tertiary/aromatic N) is 1. The number of unbranched alkanes of at least 4 members (excludes halogenated alkanes) is 1. The lowest BCUT2D eigenvalue weighted by Crippen LogP contribution is -2.21. The highest BCUT2D eigenvalue weighted by Crippen LogP contribution is 2.18. The van der Waals surface area contributed by atoms with E-state index in [-0.39, 0.29) is 0 Å². The lowest BCUT2D eigenvalue weighted by Gasteiger charge is -2.13. The first-order valence-electron chi connectivity index (χ1n) is 5.12. The molecule has 3 heteroatoms. The SMILES string of the molecule is C=CCCCNC(CC)c1nccs1.